The normalized spacial score (nSPS) is 16.9. The number of carbonyl (C=O) groups excluding carboxylic acids is 1. The topological polar surface area (TPSA) is 41.9 Å². The second-order valence-electron chi connectivity index (χ2n) is 6.15. The monoisotopic (exact) mass is 496 g/mol. The number of halogens is 3. The number of benzene rings is 2. The Bertz CT molecular complexity index is 973. The molecule has 3 rings (SSSR count). The third-order valence-corrected chi connectivity index (χ3v) is 6.00. The molecule has 0 radical (unpaired) electrons. The Labute approximate surface area is 186 Å². The summed E-state index contributed by atoms with van der Waals surface area (Å²) in [5.41, 5.74) is 1.47. The zero-order valence-electron chi connectivity index (χ0n) is 15.9. The quantitative estimate of drug-likeness (QED) is 0.451. The molecule has 4 nitrogen and oxygen atoms in total. The van der Waals surface area contributed by atoms with E-state index in [0.717, 1.165) is 5.56 Å². The van der Waals surface area contributed by atoms with Crippen molar-refractivity contribution in [3.8, 4) is 5.75 Å². The van der Waals surface area contributed by atoms with Gasteiger partial charge >= 0.3 is 0 Å². The maximum Gasteiger partial charge on any atom is 0.266 e. The van der Waals surface area contributed by atoms with Crippen molar-refractivity contribution in [3.05, 3.63) is 67.7 Å². The van der Waals surface area contributed by atoms with E-state index >= 15 is 0 Å². The van der Waals surface area contributed by atoms with Gasteiger partial charge in [-0.1, -0.05) is 23.7 Å². The van der Waals surface area contributed by atoms with Crippen LogP contribution in [0.25, 0.3) is 6.08 Å². The van der Waals surface area contributed by atoms with Crippen LogP contribution in [-0.4, -0.2) is 29.1 Å². The molecule has 29 heavy (non-hydrogen) atoms. The van der Waals surface area contributed by atoms with Gasteiger partial charge < -0.3 is 4.74 Å². The Kier molecular flexibility index (Phi) is 7.38. The third-order valence-electron chi connectivity index (χ3n) is 4.09. The van der Waals surface area contributed by atoms with Crippen LogP contribution in [0.5, 0.6) is 5.75 Å². The van der Waals surface area contributed by atoms with Crippen molar-refractivity contribution in [2.24, 2.45) is 4.99 Å². The lowest BCUT2D eigenvalue weighted by molar-refractivity contribution is -0.122. The first kappa shape index (κ1) is 21.9. The minimum Gasteiger partial charge on any atom is -0.486 e. The molecule has 0 aliphatic carbocycles. The fourth-order valence-electron chi connectivity index (χ4n) is 2.77. The molecule has 0 atom stereocenters. The van der Waals surface area contributed by atoms with E-state index in [4.69, 9.17) is 16.3 Å². The fraction of sp³-hybridized carbons (Fsp3) is 0.238. The van der Waals surface area contributed by atoms with E-state index in [2.05, 4.69) is 20.9 Å². The molecule has 0 saturated carbocycles. The highest BCUT2D eigenvalue weighted by atomic mass is 79.9. The van der Waals surface area contributed by atoms with E-state index in [1.54, 1.807) is 29.2 Å². The molecule has 0 aromatic heterocycles. The molecular formula is C21H19BrClFN2O2S. The number of likely N-dealkylation sites (N-methyl/N-ethyl adjacent to an activating group) is 1. The standard InChI is InChI=1S/C21H19BrClFN2O2S/c1-3-25-21-26(4-2)20(27)18(29-21)11-14-9-16(22)19(17(23)10-14)28-12-13-6-5-7-15(24)8-13/h5-11H,3-4,12H2,1-2H3/b18-11-,25-21?. The smallest absolute Gasteiger partial charge is 0.266 e. The van der Waals surface area contributed by atoms with Crippen LogP contribution in [0.15, 0.2) is 50.8 Å². The maximum atomic E-state index is 13.3. The highest BCUT2D eigenvalue weighted by Gasteiger charge is 2.31. The van der Waals surface area contributed by atoms with Gasteiger partial charge in [-0.15, -0.1) is 0 Å². The first-order valence-electron chi connectivity index (χ1n) is 9.05. The molecular weight excluding hydrogens is 479 g/mol. The number of aliphatic imine (C=N–C) groups is 1. The van der Waals surface area contributed by atoms with Crippen LogP contribution < -0.4 is 4.74 Å². The summed E-state index contributed by atoms with van der Waals surface area (Å²) in [7, 11) is 0. The lowest BCUT2D eigenvalue weighted by atomic mass is 10.2. The van der Waals surface area contributed by atoms with Gasteiger partial charge in [0.25, 0.3) is 5.91 Å². The zero-order valence-corrected chi connectivity index (χ0v) is 19.1. The average molecular weight is 498 g/mol. The summed E-state index contributed by atoms with van der Waals surface area (Å²) in [5.74, 6) is 0.0827. The Hall–Kier alpha value is -1.83. The summed E-state index contributed by atoms with van der Waals surface area (Å²) in [6, 6.07) is 9.78. The number of thioether (sulfide) groups is 1. The van der Waals surface area contributed by atoms with E-state index in [1.165, 1.54) is 23.9 Å². The summed E-state index contributed by atoms with van der Waals surface area (Å²) in [6.07, 6.45) is 1.79. The van der Waals surface area contributed by atoms with Crippen molar-refractivity contribution in [2.45, 2.75) is 20.5 Å². The largest absolute Gasteiger partial charge is 0.486 e. The second kappa shape index (κ2) is 9.78. The van der Waals surface area contributed by atoms with E-state index in [0.29, 0.717) is 44.0 Å². The summed E-state index contributed by atoms with van der Waals surface area (Å²) < 4.78 is 19.7. The average Bonchev–Trinajstić information content (AvgIpc) is 2.96. The van der Waals surface area contributed by atoms with Crippen LogP contribution in [0.3, 0.4) is 0 Å². The van der Waals surface area contributed by atoms with E-state index in [1.807, 2.05) is 19.9 Å². The first-order valence-corrected chi connectivity index (χ1v) is 11.0. The predicted octanol–water partition coefficient (Wildman–Crippen LogP) is 6.13. The SMILES string of the molecule is CCN=C1S/C(=C\c2cc(Cl)c(OCc3cccc(F)c3)c(Br)c2)C(=O)N1CC. The number of carbonyl (C=O) groups is 1. The summed E-state index contributed by atoms with van der Waals surface area (Å²) in [5, 5.41) is 1.11. The number of rotatable bonds is 6. The molecule has 2 aromatic carbocycles. The van der Waals surface area contributed by atoms with Crippen LogP contribution in [0, 0.1) is 5.82 Å². The molecule has 152 valence electrons. The Balaban J connectivity index is 1.81. The van der Waals surface area contributed by atoms with Gasteiger partial charge in [0.15, 0.2) is 10.9 Å². The highest BCUT2D eigenvalue weighted by molar-refractivity contribution is 9.10. The third kappa shape index (κ3) is 5.21. The van der Waals surface area contributed by atoms with E-state index in [-0.39, 0.29) is 18.3 Å². The van der Waals surface area contributed by atoms with Crippen LogP contribution in [-0.2, 0) is 11.4 Å². The summed E-state index contributed by atoms with van der Waals surface area (Å²) in [4.78, 5) is 19.2. The Morgan fingerprint density at radius 3 is 2.76 bits per heavy atom. The summed E-state index contributed by atoms with van der Waals surface area (Å²) in [6.45, 7) is 5.23. The molecule has 8 heteroatoms. The number of ether oxygens (including phenoxy) is 1. The molecule has 0 N–H and O–H groups in total. The van der Waals surface area contributed by atoms with Gasteiger partial charge in [-0.2, -0.15) is 0 Å². The van der Waals surface area contributed by atoms with Gasteiger partial charge in [-0.3, -0.25) is 14.7 Å². The Morgan fingerprint density at radius 2 is 2.10 bits per heavy atom. The van der Waals surface area contributed by atoms with Crippen LogP contribution in [0.1, 0.15) is 25.0 Å². The molecule has 0 spiro atoms. The molecule has 0 unspecified atom stereocenters. The number of amidine groups is 1. The van der Waals surface area contributed by atoms with E-state index < -0.39 is 0 Å². The molecule has 2 aromatic rings. The minimum atomic E-state index is -0.316. The fourth-order valence-corrected chi connectivity index (χ4v) is 4.87. The second-order valence-corrected chi connectivity index (χ2v) is 8.42. The van der Waals surface area contributed by atoms with Crippen molar-refractivity contribution in [3.63, 3.8) is 0 Å². The maximum absolute atomic E-state index is 13.3. The number of hydrogen-bond acceptors (Lipinski definition) is 4. The van der Waals surface area contributed by atoms with Crippen LogP contribution in [0.4, 0.5) is 4.39 Å². The molecule has 1 heterocycles. The van der Waals surface area contributed by atoms with E-state index in [9.17, 15) is 9.18 Å². The predicted molar refractivity (Wildman–Crippen MR) is 121 cm³/mol. The molecule has 1 saturated heterocycles. The van der Waals surface area contributed by atoms with Gasteiger partial charge in [-0.05, 0) is 83.0 Å². The molecule has 1 aliphatic rings. The highest BCUT2D eigenvalue weighted by Crippen LogP contribution is 2.38. The number of amides is 1. The van der Waals surface area contributed by atoms with Gasteiger partial charge in [0.05, 0.1) is 14.4 Å². The Morgan fingerprint density at radius 1 is 1.31 bits per heavy atom. The van der Waals surface area contributed by atoms with Crippen LogP contribution >= 0.6 is 39.3 Å². The molecule has 1 amide bonds. The van der Waals surface area contributed by atoms with Gasteiger partial charge in [0, 0.05) is 13.1 Å². The summed E-state index contributed by atoms with van der Waals surface area (Å²) >= 11 is 11.2. The lowest BCUT2D eigenvalue weighted by Crippen LogP contribution is -2.28. The minimum absolute atomic E-state index is 0.0663. The van der Waals surface area contributed by atoms with Crippen molar-refractivity contribution in [2.75, 3.05) is 13.1 Å². The molecule has 0 bridgehead atoms. The number of hydrogen-bond donors (Lipinski definition) is 0. The van der Waals surface area contributed by atoms with Gasteiger partial charge in [0.2, 0.25) is 0 Å². The number of nitrogens with zero attached hydrogens (tertiary/aromatic N) is 2. The lowest BCUT2D eigenvalue weighted by Gasteiger charge is -2.12. The van der Waals surface area contributed by atoms with Crippen LogP contribution in [0.2, 0.25) is 5.02 Å². The van der Waals surface area contributed by atoms with Gasteiger partial charge in [0.1, 0.15) is 12.4 Å². The first-order chi connectivity index (χ1) is 13.9. The molecule has 1 fully saturated rings. The van der Waals surface area contributed by atoms with Gasteiger partial charge in [-0.25, -0.2) is 4.39 Å². The van der Waals surface area contributed by atoms with Crippen molar-refractivity contribution in [1.29, 1.82) is 0 Å². The zero-order chi connectivity index (χ0) is 21.0. The van der Waals surface area contributed by atoms with Crippen molar-refractivity contribution < 1.29 is 13.9 Å². The van der Waals surface area contributed by atoms with Crippen molar-refractivity contribution in [1.82, 2.24) is 4.90 Å². The molecule has 1 aliphatic heterocycles. The van der Waals surface area contributed by atoms with Crippen molar-refractivity contribution >= 4 is 56.4 Å².